The number of rotatable bonds is 11. The highest BCUT2D eigenvalue weighted by atomic mass is 16.5. The first-order valence-corrected chi connectivity index (χ1v) is 10.6. The van der Waals surface area contributed by atoms with Gasteiger partial charge in [0.25, 0.3) is 0 Å². The topological polar surface area (TPSA) is 143 Å². The normalized spacial score (nSPS) is 18.2. The Kier molecular flexibility index (Phi) is 9.06. The van der Waals surface area contributed by atoms with Crippen LogP contribution in [0.2, 0.25) is 0 Å². The van der Waals surface area contributed by atoms with E-state index in [1.165, 1.54) is 0 Å². The van der Waals surface area contributed by atoms with Crippen LogP contribution in [-0.2, 0) is 4.74 Å². The summed E-state index contributed by atoms with van der Waals surface area (Å²) in [7, 11) is 0. The Morgan fingerprint density at radius 2 is 2.13 bits per heavy atom. The molecule has 2 fully saturated rings. The average Bonchev–Trinajstić information content (AvgIpc) is 2.80. The van der Waals surface area contributed by atoms with E-state index in [1.54, 1.807) is 6.20 Å². The SMILES string of the molecule is N=N/C(=C\NCCCO)CNc1nc(NC2CCNCC2)cc(N2CCOCC2)n1. The highest BCUT2D eigenvalue weighted by Crippen LogP contribution is 2.21. The molecule has 6 N–H and O–H groups in total. The molecule has 0 radical (unpaired) electrons. The van der Waals surface area contributed by atoms with Crippen molar-refractivity contribution in [1.82, 2.24) is 20.6 Å². The second kappa shape index (κ2) is 12.3. The maximum Gasteiger partial charge on any atom is 0.226 e. The quantitative estimate of drug-likeness (QED) is 0.226. The zero-order chi connectivity index (χ0) is 21.0. The Balaban J connectivity index is 1.69. The zero-order valence-corrected chi connectivity index (χ0v) is 17.4. The van der Waals surface area contributed by atoms with Crippen molar-refractivity contribution < 1.29 is 9.84 Å². The van der Waals surface area contributed by atoms with Crippen molar-refractivity contribution in [3.8, 4) is 0 Å². The Morgan fingerprint density at radius 3 is 2.87 bits per heavy atom. The van der Waals surface area contributed by atoms with Crippen LogP contribution in [0.4, 0.5) is 17.6 Å². The van der Waals surface area contributed by atoms with Crippen LogP contribution >= 0.6 is 0 Å². The number of nitrogens with one attached hydrogen (secondary N) is 5. The zero-order valence-electron chi connectivity index (χ0n) is 17.4. The van der Waals surface area contributed by atoms with E-state index >= 15 is 0 Å². The van der Waals surface area contributed by atoms with Crippen LogP contribution in [0.15, 0.2) is 23.1 Å². The number of ether oxygens (including phenoxy) is 1. The molecule has 1 aromatic rings. The number of hydrogen-bond donors (Lipinski definition) is 6. The fraction of sp³-hybridized carbons (Fsp3) is 0.684. The van der Waals surface area contributed by atoms with E-state index in [9.17, 15) is 0 Å². The maximum atomic E-state index is 8.85. The van der Waals surface area contributed by atoms with Crippen LogP contribution < -0.4 is 26.2 Å². The summed E-state index contributed by atoms with van der Waals surface area (Å²) in [5.41, 5.74) is 7.90. The summed E-state index contributed by atoms with van der Waals surface area (Å²) in [6, 6.07) is 2.39. The molecule has 3 rings (SSSR count). The smallest absolute Gasteiger partial charge is 0.226 e. The second-order valence-electron chi connectivity index (χ2n) is 7.34. The number of nitrogens with zero attached hydrogens (tertiary/aromatic N) is 4. The van der Waals surface area contributed by atoms with Gasteiger partial charge in [0.1, 0.15) is 11.6 Å². The third-order valence-corrected chi connectivity index (χ3v) is 5.06. The number of morpholine rings is 1. The molecular formula is C19H33N9O2. The third-order valence-electron chi connectivity index (χ3n) is 5.06. The van der Waals surface area contributed by atoms with Crippen molar-refractivity contribution in [2.24, 2.45) is 5.11 Å². The fourth-order valence-electron chi connectivity index (χ4n) is 3.38. The Bertz CT molecular complexity index is 689. The van der Waals surface area contributed by atoms with Crippen LogP contribution in [0.1, 0.15) is 19.3 Å². The van der Waals surface area contributed by atoms with E-state index in [4.69, 9.17) is 15.4 Å². The predicted molar refractivity (Wildman–Crippen MR) is 116 cm³/mol. The molecular weight excluding hydrogens is 386 g/mol. The molecule has 2 saturated heterocycles. The molecule has 0 spiro atoms. The van der Waals surface area contributed by atoms with Crippen molar-refractivity contribution in [3.05, 3.63) is 18.0 Å². The van der Waals surface area contributed by atoms with Gasteiger partial charge in [-0.15, -0.1) is 0 Å². The molecule has 0 aliphatic carbocycles. The van der Waals surface area contributed by atoms with Gasteiger partial charge in [0.2, 0.25) is 5.95 Å². The van der Waals surface area contributed by atoms with Crippen LogP contribution in [0, 0.1) is 5.53 Å². The number of aromatic nitrogens is 2. The van der Waals surface area contributed by atoms with E-state index in [0.29, 0.717) is 50.4 Å². The molecule has 166 valence electrons. The average molecular weight is 420 g/mol. The number of aliphatic hydroxyl groups excluding tert-OH is 1. The first-order valence-electron chi connectivity index (χ1n) is 10.6. The highest BCUT2D eigenvalue weighted by Gasteiger charge is 2.18. The minimum absolute atomic E-state index is 0.126. The summed E-state index contributed by atoms with van der Waals surface area (Å²) in [5.74, 6) is 2.16. The molecule has 1 aromatic heterocycles. The van der Waals surface area contributed by atoms with Crippen molar-refractivity contribution in [2.45, 2.75) is 25.3 Å². The van der Waals surface area contributed by atoms with E-state index in [-0.39, 0.29) is 6.61 Å². The summed E-state index contributed by atoms with van der Waals surface area (Å²) in [4.78, 5) is 11.5. The monoisotopic (exact) mass is 419 g/mol. The van der Waals surface area contributed by atoms with E-state index < -0.39 is 0 Å². The number of anilines is 3. The first kappa shape index (κ1) is 22.2. The van der Waals surface area contributed by atoms with Gasteiger partial charge in [-0.25, -0.2) is 5.53 Å². The van der Waals surface area contributed by atoms with Gasteiger partial charge in [-0.2, -0.15) is 15.1 Å². The molecule has 0 aromatic carbocycles. The lowest BCUT2D eigenvalue weighted by atomic mass is 10.1. The summed E-state index contributed by atoms with van der Waals surface area (Å²) in [6.45, 7) is 6.07. The summed E-state index contributed by atoms with van der Waals surface area (Å²) < 4.78 is 5.46. The highest BCUT2D eigenvalue weighted by molar-refractivity contribution is 5.54. The second-order valence-corrected chi connectivity index (χ2v) is 7.34. The van der Waals surface area contributed by atoms with Crippen LogP contribution in [-0.4, -0.2) is 80.2 Å². The third kappa shape index (κ3) is 7.08. The van der Waals surface area contributed by atoms with E-state index in [1.807, 2.05) is 6.07 Å². The molecule has 11 nitrogen and oxygen atoms in total. The number of hydrogen-bond acceptors (Lipinski definition) is 11. The Labute approximate surface area is 177 Å². The van der Waals surface area contributed by atoms with Crippen molar-refractivity contribution in [2.75, 3.05) is 74.6 Å². The Hall–Kier alpha value is -2.50. The van der Waals surface area contributed by atoms with Gasteiger partial charge >= 0.3 is 0 Å². The molecule has 0 unspecified atom stereocenters. The standard InChI is InChI=1S/C19H33N9O2/c20-27-16(13-22-4-1-9-29)14-23-19-25-17(24-15-2-5-21-6-3-15)12-18(26-19)28-7-10-30-11-8-28/h12-13,15,20-22,29H,1-11,14H2,(H2,23,24,25,26)/b16-13-,27-20?. The lowest BCUT2D eigenvalue weighted by molar-refractivity contribution is 0.122. The molecule has 2 aliphatic rings. The molecule has 2 aliphatic heterocycles. The fourth-order valence-corrected chi connectivity index (χ4v) is 3.38. The molecule has 30 heavy (non-hydrogen) atoms. The van der Waals surface area contributed by atoms with Crippen LogP contribution in [0.25, 0.3) is 0 Å². The van der Waals surface area contributed by atoms with Crippen LogP contribution in [0.5, 0.6) is 0 Å². The van der Waals surface area contributed by atoms with Gasteiger partial charge in [-0.1, -0.05) is 0 Å². The molecule has 0 saturated carbocycles. The van der Waals surface area contributed by atoms with Gasteiger partial charge < -0.3 is 36.0 Å². The summed E-state index contributed by atoms with van der Waals surface area (Å²) in [6.07, 6.45) is 4.44. The minimum Gasteiger partial charge on any atom is -0.396 e. The first-order chi connectivity index (χ1) is 14.8. The largest absolute Gasteiger partial charge is 0.396 e. The lowest BCUT2D eigenvalue weighted by Crippen LogP contribution is -2.37. The van der Waals surface area contributed by atoms with Crippen LogP contribution in [0.3, 0.4) is 0 Å². The van der Waals surface area contributed by atoms with Crippen molar-refractivity contribution >= 4 is 17.6 Å². The van der Waals surface area contributed by atoms with Gasteiger partial charge in [0.05, 0.1) is 25.5 Å². The molecule has 0 amide bonds. The van der Waals surface area contributed by atoms with Gasteiger partial charge in [-0.05, 0) is 32.4 Å². The number of aliphatic hydroxyl groups is 1. The summed E-state index contributed by atoms with van der Waals surface area (Å²) in [5, 5.41) is 25.6. The van der Waals surface area contributed by atoms with Crippen molar-refractivity contribution in [1.29, 1.82) is 5.53 Å². The van der Waals surface area contributed by atoms with E-state index in [2.05, 4.69) is 41.2 Å². The number of piperidine rings is 1. The van der Waals surface area contributed by atoms with Crippen molar-refractivity contribution in [3.63, 3.8) is 0 Å². The lowest BCUT2D eigenvalue weighted by Gasteiger charge is -2.29. The molecule has 0 atom stereocenters. The molecule has 0 bridgehead atoms. The van der Waals surface area contributed by atoms with Gasteiger partial charge in [0, 0.05) is 44.5 Å². The van der Waals surface area contributed by atoms with Gasteiger partial charge in [-0.3, -0.25) is 0 Å². The molecule has 11 heteroatoms. The maximum absolute atomic E-state index is 8.85. The summed E-state index contributed by atoms with van der Waals surface area (Å²) >= 11 is 0. The predicted octanol–water partition coefficient (Wildman–Crippen LogP) is 0.733. The van der Waals surface area contributed by atoms with E-state index in [0.717, 1.165) is 50.7 Å². The molecule has 3 heterocycles. The van der Waals surface area contributed by atoms with Gasteiger partial charge in [0.15, 0.2) is 0 Å². The Morgan fingerprint density at radius 1 is 1.33 bits per heavy atom. The minimum atomic E-state index is 0.126.